The van der Waals surface area contributed by atoms with Crippen molar-refractivity contribution in [2.75, 3.05) is 0 Å². The van der Waals surface area contributed by atoms with Crippen LogP contribution in [0.1, 0.15) is 54.2 Å². The van der Waals surface area contributed by atoms with Gasteiger partial charge in [0, 0.05) is 12.6 Å². The summed E-state index contributed by atoms with van der Waals surface area (Å²) in [5, 5.41) is 9.93. The number of aromatic nitrogens is 2. The van der Waals surface area contributed by atoms with Crippen LogP contribution in [0.4, 0.5) is 0 Å². The minimum Gasteiger partial charge on any atom is -0.351 e. The monoisotopic (exact) mass is 448 g/mol. The second-order valence-corrected chi connectivity index (χ2v) is 10.1. The molecule has 0 saturated heterocycles. The molecule has 2 aromatic heterocycles. The number of hydrogen-bond donors (Lipinski definition) is 1. The molecular weight excluding hydrogens is 420 g/mol. The molecule has 1 aromatic carbocycles. The van der Waals surface area contributed by atoms with Gasteiger partial charge in [0.15, 0.2) is 0 Å². The van der Waals surface area contributed by atoms with E-state index in [4.69, 9.17) is 5.10 Å². The molecule has 1 aliphatic carbocycles. The lowest BCUT2D eigenvalue weighted by Gasteiger charge is -2.43. The Kier molecular flexibility index (Phi) is 5.37. The van der Waals surface area contributed by atoms with Crippen LogP contribution in [0.3, 0.4) is 0 Å². The molecular formula is C25H28N4O2S. The zero-order chi connectivity index (χ0) is 22.3. The van der Waals surface area contributed by atoms with Crippen molar-refractivity contribution in [3.8, 4) is 10.6 Å². The molecule has 1 saturated carbocycles. The molecule has 1 N–H and O–H groups in total. The molecule has 1 atom stereocenters. The maximum absolute atomic E-state index is 13.7. The van der Waals surface area contributed by atoms with Gasteiger partial charge in [-0.15, -0.1) is 11.3 Å². The van der Waals surface area contributed by atoms with Gasteiger partial charge in [0.1, 0.15) is 16.9 Å². The normalized spacial score (nSPS) is 21.1. The summed E-state index contributed by atoms with van der Waals surface area (Å²) in [4.78, 5) is 30.0. The first-order valence-electron chi connectivity index (χ1n) is 11.2. The highest BCUT2D eigenvalue weighted by molar-refractivity contribution is 7.13. The van der Waals surface area contributed by atoms with Gasteiger partial charge in [-0.25, -0.2) is 0 Å². The summed E-state index contributed by atoms with van der Waals surface area (Å²) in [6, 6.07) is 14.2. The molecule has 166 valence electrons. The second kappa shape index (κ2) is 8.20. The number of nitrogens with one attached hydrogen (secondary N) is 1. The SMILES string of the molecule is Cc1ccc(CN2C(=O)c3cc(-c4cccs4)nn3C[C@@]2(C)C(=O)NC2CCCC2)cc1. The number of aryl methyl sites for hydroxylation is 1. The predicted octanol–water partition coefficient (Wildman–Crippen LogP) is 4.39. The van der Waals surface area contributed by atoms with E-state index in [1.165, 1.54) is 5.56 Å². The van der Waals surface area contributed by atoms with Crippen molar-refractivity contribution in [2.45, 2.75) is 64.2 Å². The van der Waals surface area contributed by atoms with Crippen molar-refractivity contribution in [1.82, 2.24) is 20.0 Å². The predicted molar refractivity (Wildman–Crippen MR) is 125 cm³/mol. The van der Waals surface area contributed by atoms with Crippen LogP contribution in [-0.4, -0.2) is 38.1 Å². The Morgan fingerprint density at radius 3 is 2.66 bits per heavy atom. The summed E-state index contributed by atoms with van der Waals surface area (Å²) in [5.41, 5.74) is 2.47. The Bertz CT molecular complexity index is 1130. The minimum absolute atomic E-state index is 0.0938. The maximum Gasteiger partial charge on any atom is 0.273 e. The number of fused-ring (bicyclic) bond motifs is 1. The van der Waals surface area contributed by atoms with Gasteiger partial charge in [0.2, 0.25) is 5.91 Å². The Balaban J connectivity index is 1.51. The van der Waals surface area contributed by atoms with Gasteiger partial charge in [-0.2, -0.15) is 5.10 Å². The van der Waals surface area contributed by atoms with Gasteiger partial charge >= 0.3 is 0 Å². The van der Waals surface area contributed by atoms with E-state index < -0.39 is 5.54 Å². The Morgan fingerprint density at radius 1 is 1.22 bits per heavy atom. The van der Waals surface area contributed by atoms with E-state index in [2.05, 4.69) is 5.32 Å². The van der Waals surface area contributed by atoms with Crippen LogP contribution in [0.25, 0.3) is 10.6 Å². The van der Waals surface area contributed by atoms with Crippen LogP contribution >= 0.6 is 11.3 Å². The largest absolute Gasteiger partial charge is 0.351 e. The van der Waals surface area contributed by atoms with Crippen molar-refractivity contribution >= 4 is 23.2 Å². The molecule has 2 amide bonds. The summed E-state index contributed by atoms with van der Waals surface area (Å²) in [6.45, 7) is 4.63. The second-order valence-electron chi connectivity index (χ2n) is 9.16. The number of rotatable bonds is 5. The van der Waals surface area contributed by atoms with Crippen molar-refractivity contribution in [3.63, 3.8) is 0 Å². The number of thiophene rings is 1. The number of amides is 2. The number of carbonyl (C=O) groups is 2. The Labute approximate surface area is 192 Å². The van der Waals surface area contributed by atoms with Crippen LogP contribution in [0.5, 0.6) is 0 Å². The molecule has 6 nitrogen and oxygen atoms in total. The van der Waals surface area contributed by atoms with E-state index >= 15 is 0 Å². The molecule has 0 bridgehead atoms. The molecule has 32 heavy (non-hydrogen) atoms. The van der Waals surface area contributed by atoms with Crippen LogP contribution < -0.4 is 5.32 Å². The summed E-state index contributed by atoms with van der Waals surface area (Å²) >= 11 is 1.59. The molecule has 1 fully saturated rings. The van der Waals surface area contributed by atoms with Gasteiger partial charge < -0.3 is 10.2 Å². The summed E-state index contributed by atoms with van der Waals surface area (Å²) in [6.07, 6.45) is 4.29. The first kappa shape index (κ1) is 20.9. The fraction of sp³-hybridized carbons (Fsp3) is 0.400. The van der Waals surface area contributed by atoms with Crippen molar-refractivity contribution in [3.05, 3.63) is 64.7 Å². The molecule has 5 rings (SSSR count). The first-order valence-corrected chi connectivity index (χ1v) is 12.1. The third-order valence-electron chi connectivity index (χ3n) is 6.71. The van der Waals surface area contributed by atoms with Gasteiger partial charge in [-0.1, -0.05) is 48.7 Å². The van der Waals surface area contributed by atoms with E-state index in [9.17, 15) is 9.59 Å². The van der Waals surface area contributed by atoms with Crippen molar-refractivity contribution in [1.29, 1.82) is 0 Å². The van der Waals surface area contributed by atoms with Gasteiger partial charge in [0.05, 0.1) is 11.4 Å². The molecule has 0 unspecified atom stereocenters. The standard InChI is InChI=1S/C25H28N4O2S/c1-17-9-11-18(12-10-17)15-28-23(30)21-14-20(22-8-5-13-32-22)27-29(21)16-25(28,2)24(31)26-19-6-3-4-7-19/h5,8-14,19H,3-4,6-7,15-16H2,1-2H3,(H,26,31)/t25-/m0/s1. The Morgan fingerprint density at radius 2 is 1.97 bits per heavy atom. The van der Waals surface area contributed by atoms with E-state index in [1.807, 2.05) is 61.7 Å². The lowest BCUT2D eigenvalue weighted by molar-refractivity contribution is -0.134. The fourth-order valence-electron chi connectivity index (χ4n) is 4.72. The molecule has 7 heteroatoms. The van der Waals surface area contributed by atoms with Gasteiger partial charge in [-0.05, 0) is 49.8 Å². The zero-order valence-electron chi connectivity index (χ0n) is 18.5. The van der Waals surface area contributed by atoms with Crippen LogP contribution in [0.15, 0.2) is 47.8 Å². The summed E-state index contributed by atoms with van der Waals surface area (Å²) < 4.78 is 1.72. The topological polar surface area (TPSA) is 67.2 Å². The first-order chi connectivity index (χ1) is 15.4. The Hall–Kier alpha value is -2.93. The average Bonchev–Trinajstić information content (AvgIpc) is 3.54. The third kappa shape index (κ3) is 3.75. The van der Waals surface area contributed by atoms with Crippen molar-refractivity contribution < 1.29 is 9.59 Å². The number of nitrogens with zero attached hydrogens (tertiary/aromatic N) is 3. The minimum atomic E-state index is -1.02. The molecule has 0 radical (unpaired) electrons. The van der Waals surface area contributed by atoms with Crippen LogP contribution in [0.2, 0.25) is 0 Å². The number of carbonyl (C=O) groups excluding carboxylic acids is 2. The molecule has 3 heterocycles. The number of hydrogen-bond acceptors (Lipinski definition) is 4. The molecule has 0 spiro atoms. The summed E-state index contributed by atoms with van der Waals surface area (Å²) in [7, 11) is 0. The lowest BCUT2D eigenvalue weighted by Crippen LogP contribution is -2.64. The zero-order valence-corrected chi connectivity index (χ0v) is 19.3. The lowest BCUT2D eigenvalue weighted by atomic mass is 9.93. The van der Waals surface area contributed by atoms with Crippen molar-refractivity contribution in [2.24, 2.45) is 0 Å². The molecule has 3 aromatic rings. The highest BCUT2D eigenvalue weighted by Crippen LogP contribution is 2.33. The van der Waals surface area contributed by atoms with Crippen LogP contribution in [-0.2, 0) is 17.9 Å². The molecule has 2 aliphatic rings. The van der Waals surface area contributed by atoms with Gasteiger partial charge in [0.25, 0.3) is 5.91 Å². The van der Waals surface area contributed by atoms with Gasteiger partial charge in [-0.3, -0.25) is 14.3 Å². The quantitative estimate of drug-likeness (QED) is 0.629. The maximum atomic E-state index is 13.7. The molecule has 1 aliphatic heterocycles. The van der Waals surface area contributed by atoms with Crippen LogP contribution in [0, 0.1) is 6.92 Å². The van der Waals surface area contributed by atoms with E-state index in [1.54, 1.807) is 20.9 Å². The number of benzene rings is 1. The highest BCUT2D eigenvalue weighted by atomic mass is 32.1. The van der Waals surface area contributed by atoms with E-state index in [0.717, 1.165) is 41.8 Å². The fourth-order valence-corrected chi connectivity index (χ4v) is 5.40. The average molecular weight is 449 g/mol. The highest BCUT2D eigenvalue weighted by Gasteiger charge is 2.48. The third-order valence-corrected chi connectivity index (χ3v) is 7.60. The summed E-state index contributed by atoms with van der Waals surface area (Å²) in [5.74, 6) is -0.250. The van der Waals surface area contributed by atoms with E-state index in [-0.39, 0.29) is 17.9 Å². The smallest absolute Gasteiger partial charge is 0.273 e. The van der Waals surface area contributed by atoms with E-state index in [0.29, 0.717) is 18.8 Å².